The van der Waals surface area contributed by atoms with Gasteiger partial charge >= 0.3 is 0 Å². The van der Waals surface area contributed by atoms with E-state index in [0.29, 0.717) is 17.3 Å². The molecule has 0 aliphatic heterocycles. The van der Waals surface area contributed by atoms with E-state index in [9.17, 15) is 4.79 Å². The third-order valence-corrected chi connectivity index (χ3v) is 5.55. The highest BCUT2D eigenvalue weighted by Gasteiger charge is 2.39. The van der Waals surface area contributed by atoms with Crippen LogP contribution in [-0.4, -0.2) is 29.5 Å². The summed E-state index contributed by atoms with van der Waals surface area (Å²) in [6.45, 7) is 0. The molecule has 0 bridgehead atoms. The zero-order valence-electron chi connectivity index (χ0n) is 11.2. The van der Waals surface area contributed by atoms with Crippen molar-refractivity contribution in [2.45, 2.75) is 74.3 Å². The summed E-state index contributed by atoms with van der Waals surface area (Å²) in [6.07, 6.45) is 9.81. The van der Waals surface area contributed by atoms with E-state index in [4.69, 9.17) is 4.74 Å². The fourth-order valence-corrected chi connectivity index (χ4v) is 3.72. The molecule has 4 heteroatoms. The minimum absolute atomic E-state index is 0.156. The van der Waals surface area contributed by atoms with Crippen molar-refractivity contribution < 1.29 is 9.53 Å². The molecule has 104 valence electrons. The number of rotatable bonds is 4. The van der Waals surface area contributed by atoms with E-state index in [1.54, 1.807) is 7.11 Å². The van der Waals surface area contributed by atoms with Gasteiger partial charge in [0.05, 0.1) is 12.0 Å². The van der Waals surface area contributed by atoms with E-state index in [2.05, 4.69) is 21.2 Å². The lowest BCUT2D eigenvalue weighted by atomic mass is 9.77. The van der Waals surface area contributed by atoms with Crippen molar-refractivity contribution in [2.75, 3.05) is 7.11 Å². The maximum atomic E-state index is 12.1. The van der Waals surface area contributed by atoms with Crippen LogP contribution in [0, 0.1) is 0 Å². The van der Waals surface area contributed by atoms with Crippen LogP contribution in [-0.2, 0) is 9.53 Å². The average Bonchev–Trinajstić information content (AvgIpc) is 2.50. The summed E-state index contributed by atoms with van der Waals surface area (Å²) in [5.41, 5.74) is -0.156. The summed E-state index contributed by atoms with van der Waals surface area (Å²) in [7, 11) is 1.73. The molecular formula is C14H24BrNO2. The molecule has 0 radical (unpaired) electrons. The van der Waals surface area contributed by atoms with E-state index in [0.717, 1.165) is 19.3 Å². The highest BCUT2D eigenvalue weighted by molar-refractivity contribution is 9.09. The molecule has 1 amide bonds. The minimum Gasteiger partial charge on any atom is -0.378 e. The molecule has 0 spiro atoms. The maximum absolute atomic E-state index is 12.1. The molecule has 2 saturated carbocycles. The van der Waals surface area contributed by atoms with Gasteiger partial charge < -0.3 is 10.1 Å². The lowest BCUT2D eigenvalue weighted by Crippen LogP contribution is -2.47. The molecule has 2 aliphatic carbocycles. The first kappa shape index (κ1) is 14.3. The number of halogens is 1. The largest absolute Gasteiger partial charge is 0.378 e. The second kappa shape index (κ2) is 6.38. The molecule has 0 aromatic carbocycles. The topological polar surface area (TPSA) is 38.3 Å². The average molecular weight is 318 g/mol. The van der Waals surface area contributed by atoms with Gasteiger partial charge in [-0.3, -0.25) is 4.79 Å². The van der Waals surface area contributed by atoms with Crippen molar-refractivity contribution in [3.8, 4) is 0 Å². The number of nitrogens with one attached hydrogen (secondary N) is 1. The normalized spacial score (nSPS) is 31.2. The van der Waals surface area contributed by atoms with Crippen molar-refractivity contribution in [3.05, 3.63) is 0 Å². The van der Waals surface area contributed by atoms with Gasteiger partial charge in [0.1, 0.15) is 0 Å². The lowest BCUT2D eigenvalue weighted by molar-refractivity contribution is -0.134. The second-order valence-electron chi connectivity index (χ2n) is 5.75. The van der Waals surface area contributed by atoms with Crippen molar-refractivity contribution in [2.24, 2.45) is 0 Å². The van der Waals surface area contributed by atoms with E-state index in [1.165, 1.54) is 32.1 Å². The Morgan fingerprint density at radius 3 is 2.61 bits per heavy atom. The van der Waals surface area contributed by atoms with Crippen LogP contribution < -0.4 is 5.32 Å². The molecule has 0 saturated heterocycles. The smallest absolute Gasteiger partial charge is 0.223 e. The van der Waals surface area contributed by atoms with Crippen LogP contribution in [0.25, 0.3) is 0 Å². The fraction of sp³-hybridized carbons (Fsp3) is 0.929. The number of carbonyl (C=O) groups is 1. The summed E-state index contributed by atoms with van der Waals surface area (Å²) in [6, 6.07) is 0.300. The number of alkyl halides is 1. The molecule has 2 fully saturated rings. The zero-order chi connectivity index (χ0) is 13.0. The second-order valence-corrected chi connectivity index (χ2v) is 6.92. The van der Waals surface area contributed by atoms with Gasteiger partial charge in [0.2, 0.25) is 5.91 Å². The quantitative estimate of drug-likeness (QED) is 0.639. The Kier molecular flexibility index (Phi) is 5.07. The SMILES string of the molecule is COC1(CC(=O)NC2CCCCCC2Br)CCC1. The molecule has 0 aromatic heterocycles. The van der Waals surface area contributed by atoms with E-state index in [1.807, 2.05) is 0 Å². The standard InChI is InChI=1S/C14H24BrNO2/c1-18-14(8-5-9-14)10-13(17)16-12-7-4-2-3-6-11(12)15/h11-12H,2-10H2,1H3,(H,16,17). The first-order valence-corrected chi connectivity index (χ1v) is 8.05. The molecule has 2 rings (SSSR count). The number of amides is 1. The van der Waals surface area contributed by atoms with Gasteiger partial charge in [-0.25, -0.2) is 0 Å². The monoisotopic (exact) mass is 317 g/mol. The Labute approximate surface area is 118 Å². The first-order valence-electron chi connectivity index (χ1n) is 7.14. The van der Waals surface area contributed by atoms with Gasteiger partial charge in [0.15, 0.2) is 0 Å². The van der Waals surface area contributed by atoms with Crippen LogP contribution in [0.15, 0.2) is 0 Å². The number of hydrogen-bond acceptors (Lipinski definition) is 2. The van der Waals surface area contributed by atoms with Crippen LogP contribution in [0.3, 0.4) is 0 Å². The molecule has 2 unspecified atom stereocenters. The summed E-state index contributed by atoms with van der Waals surface area (Å²) >= 11 is 3.71. The Morgan fingerprint density at radius 1 is 1.28 bits per heavy atom. The van der Waals surface area contributed by atoms with Crippen molar-refractivity contribution in [3.63, 3.8) is 0 Å². The zero-order valence-corrected chi connectivity index (χ0v) is 12.8. The first-order chi connectivity index (χ1) is 8.65. The predicted octanol–water partition coefficient (Wildman–Crippen LogP) is 3.16. The molecular weight excluding hydrogens is 294 g/mol. The summed E-state index contributed by atoms with van der Waals surface area (Å²) in [4.78, 5) is 12.6. The number of ether oxygens (including phenoxy) is 1. The maximum Gasteiger partial charge on any atom is 0.223 e. The predicted molar refractivity (Wildman–Crippen MR) is 75.9 cm³/mol. The van der Waals surface area contributed by atoms with Gasteiger partial charge in [-0.15, -0.1) is 0 Å². The van der Waals surface area contributed by atoms with E-state index >= 15 is 0 Å². The van der Waals surface area contributed by atoms with Crippen LogP contribution in [0.4, 0.5) is 0 Å². The third-order valence-electron chi connectivity index (χ3n) is 4.46. The van der Waals surface area contributed by atoms with Crippen LogP contribution >= 0.6 is 15.9 Å². The lowest BCUT2D eigenvalue weighted by Gasteiger charge is -2.40. The highest BCUT2D eigenvalue weighted by Crippen LogP contribution is 2.38. The van der Waals surface area contributed by atoms with Gasteiger partial charge in [-0.2, -0.15) is 0 Å². The van der Waals surface area contributed by atoms with Gasteiger partial charge in [-0.1, -0.05) is 35.2 Å². The van der Waals surface area contributed by atoms with Crippen molar-refractivity contribution >= 4 is 21.8 Å². The van der Waals surface area contributed by atoms with Crippen molar-refractivity contribution in [1.29, 1.82) is 0 Å². The Bertz CT molecular complexity index is 286. The molecule has 1 N–H and O–H groups in total. The molecule has 0 heterocycles. The van der Waals surface area contributed by atoms with E-state index < -0.39 is 0 Å². The fourth-order valence-electron chi connectivity index (χ4n) is 3.00. The van der Waals surface area contributed by atoms with Crippen LogP contribution in [0.1, 0.15) is 57.8 Å². The summed E-state index contributed by atoms with van der Waals surface area (Å²) in [5, 5.41) is 3.20. The van der Waals surface area contributed by atoms with Crippen LogP contribution in [0.5, 0.6) is 0 Å². The molecule has 0 aromatic rings. The van der Waals surface area contributed by atoms with Gasteiger partial charge in [0.25, 0.3) is 0 Å². The van der Waals surface area contributed by atoms with Crippen molar-refractivity contribution in [1.82, 2.24) is 5.32 Å². The third kappa shape index (κ3) is 3.47. The molecule has 2 atom stereocenters. The Morgan fingerprint density at radius 2 is 2.00 bits per heavy atom. The summed E-state index contributed by atoms with van der Waals surface area (Å²) in [5.74, 6) is 0.160. The van der Waals surface area contributed by atoms with Gasteiger partial charge in [-0.05, 0) is 32.1 Å². The highest BCUT2D eigenvalue weighted by atomic mass is 79.9. The van der Waals surface area contributed by atoms with Gasteiger partial charge in [0, 0.05) is 18.0 Å². The number of carbonyl (C=O) groups excluding carboxylic acids is 1. The minimum atomic E-state index is -0.156. The number of hydrogen-bond donors (Lipinski definition) is 1. The Balaban J connectivity index is 1.82. The van der Waals surface area contributed by atoms with Crippen LogP contribution in [0.2, 0.25) is 0 Å². The molecule has 3 nitrogen and oxygen atoms in total. The Hall–Kier alpha value is -0.0900. The summed E-state index contributed by atoms with van der Waals surface area (Å²) < 4.78 is 5.51. The molecule has 2 aliphatic rings. The molecule has 18 heavy (non-hydrogen) atoms. The number of methoxy groups -OCH3 is 1. The van der Waals surface area contributed by atoms with E-state index in [-0.39, 0.29) is 11.5 Å².